The van der Waals surface area contributed by atoms with Crippen LogP contribution in [0.1, 0.15) is 38.7 Å². The number of aromatic carboxylic acids is 1. The molecule has 8 heteroatoms. The fourth-order valence-electron chi connectivity index (χ4n) is 1.42. The zero-order valence-corrected chi connectivity index (χ0v) is 11.1. The molecular formula is C11H11N3O4S. The molecule has 2 N–H and O–H groups in total. The van der Waals surface area contributed by atoms with Crippen molar-refractivity contribution >= 4 is 28.2 Å². The van der Waals surface area contributed by atoms with Crippen molar-refractivity contribution in [2.24, 2.45) is 0 Å². The Morgan fingerprint density at radius 1 is 1.53 bits per heavy atom. The maximum absolute atomic E-state index is 11.8. The highest BCUT2D eigenvalue weighted by Crippen LogP contribution is 2.28. The van der Waals surface area contributed by atoms with E-state index >= 15 is 0 Å². The molecule has 19 heavy (non-hydrogen) atoms. The molecule has 7 nitrogen and oxygen atoms in total. The second kappa shape index (κ2) is 5.19. The largest absolute Gasteiger partial charge is 0.478 e. The first-order valence-electron chi connectivity index (χ1n) is 5.49. The molecule has 0 radical (unpaired) electrons. The number of thiophene rings is 1. The van der Waals surface area contributed by atoms with Gasteiger partial charge in [-0.3, -0.25) is 4.79 Å². The monoisotopic (exact) mass is 281 g/mol. The Balaban J connectivity index is 2.25. The number of carbonyl (C=O) groups is 2. The molecule has 0 aliphatic heterocycles. The van der Waals surface area contributed by atoms with Crippen LogP contribution in [0.2, 0.25) is 0 Å². The first-order valence-corrected chi connectivity index (χ1v) is 6.30. The van der Waals surface area contributed by atoms with Crippen molar-refractivity contribution in [3.8, 4) is 0 Å². The van der Waals surface area contributed by atoms with Gasteiger partial charge < -0.3 is 14.9 Å². The number of nitrogens with zero attached hydrogens (tertiary/aromatic N) is 2. The summed E-state index contributed by atoms with van der Waals surface area (Å²) in [4.78, 5) is 27.5. The van der Waals surface area contributed by atoms with Crippen LogP contribution in [-0.4, -0.2) is 27.1 Å². The van der Waals surface area contributed by atoms with Crippen LogP contribution in [0.4, 0.5) is 5.00 Å². The molecule has 0 spiro atoms. The Hall–Kier alpha value is -2.22. The van der Waals surface area contributed by atoms with E-state index in [1.165, 1.54) is 11.3 Å². The Morgan fingerprint density at radius 3 is 2.79 bits per heavy atom. The van der Waals surface area contributed by atoms with Gasteiger partial charge in [0.15, 0.2) is 0 Å². The minimum atomic E-state index is -1.09. The number of carbonyl (C=O) groups excluding carboxylic acids is 1. The predicted octanol–water partition coefficient (Wildman–Crippen LogP) is 1.95. The summed E-state index contributed by atoms with van der Waals surface area (Å²) < 4.78 is 4.69. The lowest BCUT2D eigenvalue weighted by atomic mass is 10.2. The Morgan fingerprint density at radius 2 is 2.26 bits per heavy atom. The number of carboxylic acid groups (broad SMARTS) is 1. The lowest BCUT2D eigenvalue weighted by Crippen LogP contribution is -2.14. The number of rotatable bonds is 4. The van der Waals surface area contributed by atoms with Crippen LogP contribution in [0.5, 0.6) is 0 Å². The summed E-state index contributed by atoms with van der Waals surface area (Å²) in [5.41, 5.74) is 0.0652. The van der Waals surface area contributed by atoms with Crippen LogP contribution in [0.3, 0.4) is 0 Å². The average Bonchev–Trinajstić information content (AvgIpc) is 2.95. The summed E-state index contributed by atoms with van der Waals surface area (Å²) in [6, 6.07) is 1.55. The van der Waals surface area contributed by atoms with Crippen molar-refractivity contribution in [3.63, 3.8) is 0 Å². The summed E-state index contributed by atoms with van der Waals surface area (Å²) in [7, 11) is 0. The second-order valence-electron chi connectivity index (χ2n) is 3.71. The van der Waals surface area contributed by atoms with Gasteiger partial charge in [-0.2, -0.15) is 4.98 Å². The number of aromatic nitrogens is 2. The van der Waals surface area contributed by atoms with E-state index in [0.29, 0.717) is 6.42 Å². The van der Waals surface area contributed by atoms with E-state index in [1.54, 1.807) is 13.0 Å². The average molecular weight is 281 g/mol. The highest BCUT2D eigenvalue weighted by Gasteiger charge is 2.19. The van der Waals surface area contributed by atoms with Crippen molar-refractivity contribution < 1.29 is 19.2 Å². The number of aryl methyl sites for hydroxylation is 2. The zero-order valence-electron chi connectivity index (χ0n) is 10.3. The third-order valence-electron chi connectivity index (χ3n) is 2.32. The van der Waals surface area contributed by atoms with Gasteiger partial charge in [0.25, 0.3) is 11.7 Å². The summed E-state index contributed by atoms with van der Waals surface area (Å²) in [5, 5.41) is 15.3. The molecule has 2 heterocycles. The third kappa shape index (κ3) is 2.79. The van der Waals surface area contributed by atoms with Crippen molar-refractivity contribution in [1.82, 2.24) is 10.1 Å². The number of hydrogen-bond donors (Lipinski definition) is 2. The third-order valence-corrected chi connectivity index (χ3v) is 3.51. The van der Waals surface area contributed by atoms with E-state index in [4.69, 9.17) is 9.63 Å². The molecule has 0 aliphatic carbocycles. The Bertz CT molecular complexity index is 632. The van der Waals surface area contributed by atoms with Gasteiger partial charge >= 0.3 is 5.97 Å². The summed E-state index contributed by atoms with van der Waals surface area (Å²) >= 11 is 1.22. The Labute approximate surface area is 112 Å². The topological polar surface area (TPSA) is 105 Å². The van der Waals surface area contributed by atoms with Crippen LogP contribution in [0.15, 0.2) is 10.6 Å². The van der Waals surface area contributed by atoms with Crippen molar-refractivity contribution in [2.45, 2.75) is 20.3 Å². The van der Waals surface area contributed by atoms with Gasteiger partial charge in [0.05, 0.1) is 5.56 Å². The van der Waals surface area contributed by atoms with E-state index < -0.39 is 11.9 Å². The number of hydrogen-bond acceptors (Lipinski definition) is 6. The first-order chi connectivity index (χ1) is 9.01. The molecule has 1 amide bonds. The molecule has 0 atom stereocenters. The molecule has 0 bridgehead atoms. The van der Waals surface area contributed by atoms with Gasteiger partial charge in [-0.15, -0.1) is 11.3 Å². The maximum atomic E-state index is 11.8. The summed E-state index contributed by atoms with van der Waals surface area (Å²) in [6.45, 7) is 3.47. The smallest absolute Gasteiger partial charge is 0.338 e. The molecule has 2 aromatic heterocycles. The summed E-state index contributed by atoms with van der Waals surface area (Å²) in [5.74, 6) is -1.54. The van der Waals surface area contributed by atoms with Crippen molar-refractivity contribution in [3.05, 3.63) is 28.2 Å². The SMILES string of the molecule is CCc1cc(C(=O)O)c(NC(=O)c2noc(C)n2)s1. The molecular weight excluding hydrogens is 270 g/mol. The van der Waals surface area contributed by atoms with Crippen LogP contribution in [0.25, 0.3) is 0 Å². The van der Waals surface area contributed by atoms with Crippen LogP contribution >= 0.6 is 11.3 Å². The van der Waals surface area contributed by atoms with Crippen LogP contribution in [-0.2, 0) is 6.42 Å². The fraction of sp³-hybridized carbons (Fsp3) is 0.273. The number of anilines is 1. The van der Waals surface area contributed by atoms with Gasteiger partial charge in [0.1, 0.15) is 5.00 Å². The molecule has 100 valence electrons. The highest BCUT2D eigenvalue weighted by molar-refractivity contribution is 7.16. The predicted molar refractivity (Wildman–Crippen MR) is 67.6 cm³/mol. The van der Waals surface area contributed by atoms with E-state index in [1.807, 2.05) is 6.92 Å². The van der Waals surface area contributed by atoms with Gasteiger partial charge in [0, 0.05) is 11.8 Å². The van der Waals surface area contributed by atoms with E-state index in [-0.39, 0.29) is 22.3 Å². The van der Waals surface area contributed by atoms with Gasteiger partial charge in [-0.25, -0.2) is 4.79 Å². The van der Waals surface area contributed by atoms with Crippen LogP contribution < -0.4 is 5.32 Å². The van der Waals surface area contributed by atoms with Crippen molar-refractivity contribution in [2.75, 3.05) is 5.32 Å². The lowest BCUT2D eigenvalue weighted by molar-refractivity contribution is 0.0698. The minimum absolute atomic E-state index is 0.0652. The molecule has 0 fully saturated rings. The molecule has 0 aliphatic rings. The van der Waals surface area contributed by atoms with Gasteiger partial charge in [0.2, 0.25) is 5.89 Å². The minimum Gasteiger partial charge on any atom is -0.478 e. The van der Waals surface area contributed by atoms with Gasteiger partial charge in [-0.1, -0.05) is 12.1 Å². The van der Waals surface area contributed by atoms with E-state index in [9.17, 15) is 9.59 Å². The van der Waals surface area contributed by atoms with Crippen LogP contribution in [0, 0.1) is 6.92 Å². The molecule has 0 saturated carbocycles. The number of nitrogens with one attached hydrogen (secondary N) is 1. The molecule has 2 aromatic rings. The molecule has 2 rings (SSSR count). The second-order valence-corrected chi connectivity index (χ2v) is 4.84. The van der Waals surface area contributed by atoms with Gasteiger partial charge in [-0.05, 0) is 12.5 Å². The Kier molecular flexibility index (Phi) is 3.61. The maximum Gasteiger partial charge on any atom is 0.338 e. The molecule has 0 aromatic carbocycles. The first kappa shape index (κ1) is 13.2. The summed E-state index contributed by atoms with van der Waals surface area (Å²) in [6.07, 6.45) is 0.697. The van der Waals surface area contributed by atoms with E-state index in [0.717, 1.165) is 4.88 Å². The number of amides is 1. The fourth-order valence-corrected chi connectivity index (χ4v) is 2.40. The highest BCUT2D eigenvalue weighted by atomic mass is 32.1. The molecule has 0 unspecified atom stereocenters. The zero-order chi connectivity index (χ0) is 14.0. The van der Waals surface area contributed by atoms with Crippen molar-refractivity contribution in [1.29, 1.82) is 0 Å². The standard InChI is InChI=1S/C11H11N3O4S/c1-3-6-4-7(11(16)17)10(19-6)13-9(15)8-12-5(2)18-14-8/h4H,3H2,1-2H3,(H,13,15)(H,16,17). The lowest BCUT2D eigenvalue weighted by Gasteiger charge is -1.99. The number of carboxylic acids is 1. The molecule has 0 saturated heterocycles. The van der Waals surface area contributed by atoms with E-state index in [2.05, 4.69) is 15.5 Å². The normalized spacial score (nSPS) is 10.4. The quantitative estimate of drug-likeness (QED) is 0.887.